The second kappa shape index (κ2) is 8.09. The van der Waals surface area contributed by atoms with Crippen LogP contribution in [0, 0.1) is 0 Å². The third-order valence-electron chi connectivity index (χ3n) is 4.81. The van der Waals surface area contributed by atoms with Gasteiger partial charge in [0.1, 0.15) is 5.75 Å². The molecule has 0 saturated heterocycles. The molecule has 1 amide bonds. The Kier molecular flexibility index (Phi) is 5.87. The van der Waals surface area contributed by atoms with Crippen LogP contribution in [0.2, 0.25) is 0 Å². The van der Waals surface area contributed by atoms with Gasteiger partial charge in [-0.3, -0.25) is 4.79 Å². The first-order valence-corrected chi connectivity index (χ1v) is 9.85. The highest BCUT2D eigenvalue weighted by Crippen LogP contribution is 2.32. The molecular formula is C19H27NO2S. The summed E-state index contributed by atoms with van der Waals surface area (Å²) in [7, 11) is 1.68. The van der Waals surface area contributed by atoms with E-state index in [-0.39, 0.29) is 0 Å². The zero-order chi connectivity index (χ0) is 16.1. The number of carbonyl (C=O) groups is 1. The average Bonchev–Trinajstić information content (AvgIpc) is 3.44. The van der Waals surface area contributed by atoms with Crippen molar-refractivity contribution in [1.82, 2.24) is 4.90 Å². The maximum atomic E-state index is 12.7. The molecule has 3 rings (SSSR count). The van der Waals surface area contributed by atoms with Gasteiger partial charge < -0.3 is 9.64 Å². The fourth-order valence-corrected chi connectivity index (χ4v) is 4.45. The van der Waals surface area contributed by atoms with Gasteiger partial charge in [0, 0.05) is 17.8 Å². The van der Waals surface area contributed by atoms with Crippen LogP contribution in [-0.4, -0.2) is 35.0 Å². The predicted octanol–water partition coefficient (Wildman–Crippen LogP) is 4.25. The standard InChI is InChI=1S/C19H27NO2S/c1-22-17-11-7-15(8-12-17)13-20(16-9-10-16)19(21)14-23-18-5-3-2-4-6-18/h7-8,11-12,16,18H,2-6,9-10,13-14H2,1H3. The van der Waals surface area contributed by atoms with Crippen LogP contribution in [-0.2, 0) is 11.3 Å². The van der Waals surface area contributed by atoms with Crippen LogP contribution in [0.15, 0.2) is 24.3 Å². The van der Waals surface area contributed by atoms with Crippen molar-refractivity contribution in [2.75, 3.05) is 12.9 Å². The first-order chi connectivity index (χ1) is 11.3. The molecule has 0 aliphatic heterocycles. The molecule has 0 heterocycles. The number of hydrogen-bond acceptors (Lipinski definition) is 3. The van der Waals surface area contributed by atoms with E-state index in [9.17, 15) is 4.79 Å². The molecule has 1 aromatic rings. The van der Waals surface area contributed by atoms with Gasteiger partial charge in [-0.25, -0.2) is 0 Å². The van der Waals surface area contributed by atoms with Gasteiger partial charge in [-0.15, -0.1) is 11.8 Å². The SMILES string of the molecule is COc1ccc(CN(C(=O)CSC2CCCCC2)C2CC2)cc1. The maximum Gasteiger partial charge on any atom is 0.233 e. The molecule has 23 heavy (non-hydrogen) atoms. The Bertz CT molecular complexity index is 507. The van der Waals surface area contributed by atoms with E-state index >= 15 is 0 Å². The molecule has 0 unspecified atom stereocenters. The van der Waals surface area contributed by atoms with Crippen LogP contribution in [0.3, 0.4) is 0 Å². The number of carbonyl (C=O) groups excluding carboxylic acids is 1. The lowest BCUT2D eigenvalue weighted by atomic mass is 10.0. The number of ether oxygens (including phenoxy) is 1. The molecule has 126 valence electrons. The molecule has 2 fully saturated rings. The molecule has 0 spiro atoms. The Balaban J connectivity index is 1.53. The Morgan fingerprint density at radius 2 is 1.83 bits per heavy atom. The smallest absolute Gasteiger partial charge is 0.233 e. The molecule has 0 N–H and O–H groups in total. The summed E-state index contributed by atoms with van der Waals surface area (Å²) in [5.41, 5.74) is 1.19. The fourth-order valence-electron chi connectivity index (χ4n) is 3.24. The van der Waals surface area contributed by atoms with Crippen LogP contribution >= 0.6 is 11.8 Å². The summed E-state index contributed by atoms with van der Waals surface area (Å²) in [6.07, 6.45) is 8.95. The van der Waals surface area contributed by atoms with Gasteiger partial charge in [0.25, 0.3) is 0 Å². The van der Waals surface area contributed by atoms with Crippen molar-refractivity contribution in [2.45, 2.75) is 62.8 Å². The molecule has 0 bridgehead atoms. The largest absolute Gasteiger partial charge is 0.497 e. The minimum absolute atomic E-state index is 0.318. The zero-order valence-electron chi connectivity index (χ0n) is 14.0. The van der Waals surface area contributed by atoms with Crippen LogP contribution in [0.25, 0.3) is 0 Å². The second-order valence-corrected chi connectivity index (χ2v) is 7.96. The van der Waals surface area contributed by atoms with Gasteiger partial charge in [-0.1, -0.05) is 31.4 Å². The van der Waals surface area contributed by atoms with Gasteiger partial charge >= 0.3 is 0 Å². The van der Waals surface area contributed by atoms with Crippen molar-refractivity contribution < 1.29 is 9.53 Å². The minimum atomic E-state index is 0.318. The lowest BCUT2D eigenvalue weighted by molar-refractivity contribution is -0.129. The van der Waals surface area contributed by atoms with E-state index < -0.39 is 0 Å². The third-order valence-corrected chi connectivity index (χ3v) is 6.17. The molecular weight excluding hydrogens is 306 g/mol. The van der Waals surface area contributed by atoms with E-state index in [1.54, 1.807) is 7.11 Å². The van der Waals surface area contributed by atoms with Gasteiger partial charge in [0.05, 0.1) is 12.9 Å². The predicted molar refractivity (Wildman–Crippen MR) is 95.9 cm³/mol. The highest BCUT2D eigenvalue weighted by Gasteiger charge is 2.32. The lowest BCUT2D eigenvalue weighted by Gasteiger charge is -2.25. The number of rotatable bonds is 7. The number of thioether (sulfide) groups is 1. The van der Waals surface area contributed by atoms with E-state index in [1.807, 2.05) is 23.9 Å². The summed E-state index contributed by atoms with van der Waals surface area (Å²) in [5, 5.41) is 0.703. The van der Waals surface area contributed by atoms with Crippen LogP contribution in [0.1, 0.15) is 50.5 Å². The molecule has 1 aromatic carbocycles. The van der Waals surface area contributed by atoms with Crippen molar-refractivity contribution in [3.05, 3.63) is 29.8 Å². The highest BCUT2D eigenvalue weighted by molar-refractivity contribution is 8.00. The molecule has 0 atom stereocenters. The second-order valence-electron chi connectivity index (χ2n) is 6.67. The Morgan fingerprint density at radius 3 is 2.43 bits per heavy atom. The van der Waals surface area contributed by atoms with Gasteiger partial charge in [0.2, 0.25) is 5.91 Å². The van der Waals surface area contributed by atoms with E-state index in [0.717, 1.165) is 25.1 Å². The van der Waals surface area contributed by atoms with Crippen molar-refractivity contribution in [2.24, 2.45) is 0 Å². The minimum Gasteiger partial charge on any atom is -0.497 e. The summed E-state index contributed by atoms with van der Waals surface area (Å²) >= 11 is 1.88. The Labute approximate surface area is 143 Å². The van der Waals surface area contributed by atoms with Gasteiger partial charge in [0.15, 0.2) is 0 Å². The van der Waals surface area contributed by atoms with E-state index in [4.69, 9.17) is 4.74 Å². The quantitative estimate of drug-likeness (QED) is 0.747. The van der Waals surface area contributed by atoms with Crippen LogP contribution < -0.4 is 4.74 Å². The Morgan fingerprint density at radius 1 is 1.13 bits per heavy atom. The normalized spacial score (nSPS) is 18.7. The van der Waals surface area contributed by atoms with Crippen LogP contribution in [0.5, 0.6) is 5.75 Å². The fraction of sp³-hybridized carbons (Fsp3) is 0.632. The van der Waals surface area contributed by atoms with Crippen molar-refractivity contribution in [1.29, 1.82) is 0 Å². The third kappa shape index (κ3) is 4.90. The summed E-state index contributed by atoms with van der Waals surface area (Å²) < 4.78 is 5.20. The number of methoxy groups -OCH3 is 1. The maximum absolute atomic E-state index is 12.7. The molecule has 3 nitrogen and oxygen atoms in total. The summed E-state index contributed by atoms with van der Waals surface area (Å²) in [5.74, 6) is 1.84. The number of hydrogen-bond donors (Lipinski definition) is 0. The first-order valence-electron chi connectivity index (χ1n) is 8.80. The monoisotopic (exact) mass is 333 g/mol. The number of benzene rings is 1. The van der Waals surface area contributed by atoms with E-state index in [0.29, 0.717) is 23.0 Å². The summed E-state index contributed by atoms with van der Waals surface area (Å²) in [6, 6.07) is 8.55. The topological polar surface area (TPSA) is 29.5 Å². The molecule has 2 saturated carbocycles. The van der Waals surface area contributed by atoms with Crippen molar-refractivity contribution >= 4 is 17.7 Å². The Hall–Kier alpha value is -1.16. The van der Waals surface area contributed by atoms with E-state index in [1.165, 1.54) is 37.7 Å². The van der Waals surface area contributed by atoms with E-state index in [2.05, 4.69) is 17.0 Å². The molecule has 0 aromatic heterocycles. The lowest BCUT2D eigenvalue weighted by Crippen LogP contribution is -2.34. The first kappa shape index (κ1) is 16.7. The van der Waals surface area contributed by atoms with Crippen LogP contribution in [0.4, 0.5) is 0 Å². The van der Waals surface area contributed by atoms with Crippen molar-refractivity contribution in [3.63, 3.8) is 0 Å². The molecule has 2 aliphatic rings. The molecule has 4 heteroatoms. The van der Waals surface area contributed by atoms with Gasteiger partial charge in [-0.05, 0) is 43.4 Å². The number of nitrogens with zero attached hydrogens (tertiary/aromatic N) is 1. The molecule has 0 radical (unpaired) electrons. The number of amides is 1. The molecule has 2 aliphatic carbocycles. The summed E-state index contributed by atoms with van der Waals surface area (Å²) in [6.45, 7) is 0.735. The van der Waals surface area contributed by atoms with Gasteiger partial charge in [-0.2, -0.15) is 0 Å². The average molecular weight is 333 g/mol. The van der Waals surface area contributed by atoms with Crippen molar-refractivity contribution in [3.8, 4) is 5.75 Å². The summed E-state index contributed by atoms with van der Waals surface area (Å²) in [4.78, 5) is 14.8. The zero-order valence-corrected chi connectivity index (χ0v) is 14.8. The highest BCUT2D eigenvalue weighted by atomic mass is 32.2.